The summed E-state index contributed by atoms with van der Waals surface area (Å²) in [6, 6.07) is 15.8. The predicted octanol–water partition coefficient (Wildman–Crippen LogP) is 6.16. The number of rotatable bonds is 9. The first-order chi connectivity index (χ1) is 11.5. The van der Waals surface area contributed by atoms with E-state index in [9.17, 15) is 9.90 Å². The molecule has 0 radical (unpaired) electrons. The molecule has 0 aliphatic carbocycles. The van der Waals surface area contributed by atoms with Gasteiger partial charge in [0.1, 0.15) is 5.25 Å². The number of thioether (sulfide) groups is 2. The minimum atomic E-state index is -0.731. The molecule has 0 bridgehead atoms. The molecule has 0 saturated heterocycles. The molecule has 2 aromatic rings. The van der Waals surface area contributed by atoms with Crippen LogP contribution in [-0.4, -0.2) is 22.1 Å². The lowest BCUT2D eigenvalue weighted by atomic mass is 10.2. The fraction of sp³-hybridized carbons (Fsp3) is 0.316. The van der Waals surface area contributed by atoms with Gasteiger partial charge in [-0.05, 0) is 61.9 Å². The molecule has 2 aromatic carbocycles. The van der Waals surface area contributed by atoms with E-state index in [4.69, 9.17) is 11.6 Å². The molecule has 5 heteroatoms. The van der Waals surface area contributed by atoms with Gasteiger partial charge in [0.05, 0.1) is 0 Å². The first-order valence-corrected chi connectivity index (χ1v) is 10.1. The molecule has 0 aliphatic heterocycles. The highest BCUT2D eigenvalue weighted by Crippen LogP contribution is 2.28. The Labute approximate surface area is 157 Å². The molecule has 0 heterocycles. The number of hydrogen-bond donors (Lipinski definition) is 1. The summed E-state index contributed by atoms with van der Waals surface area (Å²) in [6.45, 7) is 2.03. The van der Waals surface area contributed by atoms with E-state index in [0.29, 0.717) is 6.42 Å². The highest BCUT2D eigenvalue weighted by atomic mass is 35.5. The van der Waals surface area contributed by atoms with E-state index >= 15 is 0 Å². The molecule has 2 nitrogen and oxygen atoms in total. The molecular formula is C19H21ClO2S2. The first kappa shape index (κ1) is 19.2. The summed E-state index contributed by atoms with van der Waals surface area (Å²) in [5.74, 6) is 0.259. The predicted molar refractivity (Wildman–Crippen MR) is 104 cm³/mol. The molecule has 128 valence electrons. The van der Waals surface area contributed by atoms with Gasteiger partial charge in [0.25, 0.3) is 0 Å². The lowest BCUT2D eigenvalue weighted by Gasteiger charge is -2.12. The van der Waals surface area contributed by atoms with Crippen molar-refractivity contribution in [3.05, 3.63) is 59.1 Å². The molecule has 0 aromatic heterocycles. The van der Waals surface area contributed by atoms with Crippen LogP contribution in [0.15, 0.2) is 58.3 Å². The summed E-state index contributed by atoms with van der Waals surface area (Å²) in [5.41, 5.74) is 1.19. The van der Waals surface area contributed by atoms with Crippen molar-refractivity contribution in [1.29, 1.82) is 0 Å². The van der Waals surface area contributed by atoms with Crippen molar-refractivity contribution in [1.82, 2.24) is 0 Å². The van der Waals surface area contributed by atoms with Crippen molar-refractivity contribution in [2.75, 3.05) is 5.75 Å². The van der Waals surface area contributed by atoms with Gasteiger partial charge < -0.3 is 5.11 Å². The third-order valence-electron chi connectivity index (χ3n) is 3.52. The zero-order valence-electron chi connectivity index (χ0n) is 13.6. The largest absolute Gasteiger partial charge is 0.480 e. The summed E-state index contributed by atoms with van der Waals surface area (Å²) in [7, 11) is 0. The van der Waals surface area contributed by atoms with Crippen LogP contribution < -0.4 is 0 Å². The maximum absolute atomic E-state index is 11.4. The molecule has 0 unspecified atom stereocenters. The summed E-state index contributed by atoms with van der Waals surface area (Å²) in [4.78, 5) is 13.7. The van der Waals surface area contributed by atoms with E-state index in [1.807, 2.05) is 55.5 Å². The second-order valence-corrected chi connectivity index (χ2v) is 8.44. The Bertz CT molecular complexity index is 641. The lowest BCUT2D eigenvalue weighted by Crippen LogP contribution is -2.16. The van der Waals surface area contributed by atoms with Gasteiger partial charge in [0.15, 0.2) is 0 Å². The highest BCUT2D eigenvalue weighted by molar-refractivity contribution is 8.00. The van der Waals surface area contributed by atoms with Gasteiger partial charge >= 0.3 is 5.97 Å². The van der Waals surface area contributed by atoms with E-state index in [1.54, 1.807) is 11.8 Å². The number of benzene rings is 2. The van der Waals surface area contributed by atoms with Crippen LogP contribution in [-0.2, 0) is 4.79 Å². The van der Waals surface area contributed by atoms with Crippen LogP contribution in [0, 0.1) is 6.92 Å². The van der Waals surface area contributed by atoms with Crippen molar-refractivity contribution in [2.45, 2.75) is 41.2 Å². The minimum Gasteiger partial charge on any atom is -0.480 e. The van der Waals surface area contributed by atoms with Gasteiger partial charge in [-0.3, -0.25) is 4.79 Å². The van der Waals surface area contributed by atoms with Crippen LogP contribution >= 0.6 is 35.1 Å². The summed E-state index contributed by atoms with van der Waals surface area (Å²) < 4.78 is 0. The fourth-order valence-electron chi connectivity index (χ4n) is 2.17. The van der Waals surface area contributed by atoms with E-state index < -0.39 is 5.97 Å². The molecule has 0 spiro atoms. The van der Waals surface area contributed by atoms with Gasteiger partial charge in [-0.1, -0.05) is 35.7 Å². The molecule has 24 heavy (non-hydrogen) atoms. The van der Waals surface area contributed by atoms with Crippen LogP contribution in [0.5, 0.6) is 0 Å². The smallest absolute Gasteiger partial charge is 0.316 e. The van der Waals surface area contributed by atoms with Gasteiger partial charge in [-0.25, -0.2) is 0 Å². The van der Waals surface area contributed by atoms with Crippen LogP contribution in [0.2, 0.25) is 5.02 Å². The number of carbonyl (C=O) groups is 1. The SMILES string of the molecule is Cc1ccc(S[C@H](CCCCSc2ccc(Cl)cc2)C(=O)O)cc1. The zero-order chi connectivity index (χ0) is 17.4. The van der Waals surface area contributed by atoms with Gasteiger partial charge in [-0.15, -0.1) is 23.5 Å². The maximum Gasteiger partial charge on any atom is 0.316 e. The van der Waals surface area contributed by atoms with Crippen molar-refractivity contribution in [2.24, 2.45) is 0 Å². The molecule has 1 N–H and O–H groups in total. The summed E-state index contributed by atoms with van der Waals surface area (Å²) in [6.07, 6.45) is 2.61. The Morgan fingerprint density at radius 1 is 1.04 bits per heavy atom. The maximum atomic E-state index is 11.4. The fourth-order valence-corrected chi connectivity index (χ4v) is 4.21. The van der Waals surface area contributed by atoms with Gasteiger partial charge in [0.2, 0.25) is 0 Å². The molecule has 0 amide bonds. The standard InChI is InChI=1S/C19H21ClO2S2/c1-14-5-9-17(10-6-14)24-18(19(21)22)4-2-3-13-23-16-11-7-15(20)8-12-16/h5-12,18H,2-4,13H2,1H3,(H,21,22)/t18-/m1/s1. The van der Waals surface area contributed by atoms with Gasteiger partial charge in [0, 0.05) is 14.8 Å². The topological polar surface area (TPSA) is 37.3 Å². The van der Waals surface area contributed by atoms with Crippen LogP contribution in [0.25, 0.3) is 0 Å². The van der Waals surface area contributed by atoms with Crippen molar-refractivity contribution >= 4 is 41.1 Å². The Morgan fingerprint density at radius 3 is 2.29 bits per heavy atom. The molecule has 0 saturated carbocycles. The number of aliphatic carboxylic acids is 1. The lowest BCUT2D eigenvalue weighted by molar-refractivity contribution is -0.136. The summed E-state index contributed by atoms with van der Waals surface area (Å²) >= 11 is 9.09. The van der Waals surface area contributed by atoms with E-state index in [2.05, 4.69) is 0 Å². The molecular weight excluding hydrogens is 360 g/mol. The number of hydrogen-bond acceptors (Lipinski definition) is 3. The second-order valence-electron chi connectivity index (χ2n) is 5.56. The van der Waals surface area contributed by atoms with Crippen LogP contribution in [0.4, 0.5) is 0 Å². The molecule has 2 rings (SSSR count). The van der Waals surface area contributed by atoms with E-state index in [-0.39, 0.29) is 5.25 Å². The third kappa shape index (κ3) is 6.80. The van der Waals surface area contributed by atoms with Gasteiger partial charge in [-0.2, -0.15) is 0 Å². The highest BCUT2D eigenvalue weighted by Gasteiger charge is 2.18. The van der Waals surface area contributed by atoms with Crippen molar-refractivity contribution in [3.63, 3.8) is 0 Å². The Kier molecular flexibility index (Phi) is 8.03. The normalized spacial score (nSPS) is 12.1. The minimum absolute atomic E-state index is 0.381. The quantitative estimate of drug-likeness (QED) is 0.417. The first-order valence-electron chi connectivity index (χ1n) is 7.89. The van der Waals surface area contributed by atoms with E-state index in [1.165, 1.54) is 22.2 Å². The molecule has 0 fully saturated rings. The van der Waals surface area contributed by atoms with Crippen molar-refractivity contribution < 1.29 is 9.90 Å². The van der Waals surface area contributed by atoms with E-state index in [0.717, 1.165) is 28.5 Å². The monoisotopic (exact) mass is 380 g/mol. The Hall–Kier alpha value is -1.10. The van der Waals surface area contributed by atoms with Crippen molar-refractivity contribution in [3.8, 4) is 0 Å². The number of halogens is 1. The number of unbranched alkanes of at least 4 members (excludes halogenated alkanes) is 1. The van der Waals surface area contributed by atoms with Crippen LogP contribution in [0.3, 0.4) is 0 Å². The average Bonchev–Trinajstić information content (AvgIpc) is 2.57. The zero-order valence-corrected chi connectivity index (χ0v) is 16.0. The number of aryl methyl sites for hydroxylation is 1. The summed E-state index contributed by atoms with van der Waals surface area (Å²) in [5, 5.41) is 9.78. The molecule has 1 atom stereocenters. The Morgan fingerprint density at radius 2 is 1.67 bits per heavy atom. The molecule has 0 aliphatic rings. The van der Waals surface area contributed by atoms with Crippen LogP contribution in [0.1, 0.15) is 24.8 Å². The second kappa shape index (κ2) is 10.0. The number of carboxylic acid groups (broad SMARTS) is 1. The number of carboxylic acids is 1. The third-order valence-corrected chi connectivity index (χ3v) is 6.13. The Balaban J connectivity index is 1.72. The average molecular weight is 381 g/mol.